The molecule has 1 saturated heterocycles. The number of aromatic nitrogens is 1. The summed E-state index contributed by atoms with van der Waals surface area (Å²) in [5, 5.41) is 12.6. The number of halogens is 1. The molecule has 84 valence electrons. The molecule has 1 aliphatic rings. The standard InChI is InChI=1S/C10H10ClN3O2/c1-6-8(4-12)10(16-13-6)14-5-7(3-11)2-9(14)15/h7H,2-3,5H2,1H3. The number of nitrogens with zero attached hydrogens (tertiary/aromatic N) is 3. The maximum Gasteiger partial charge on any atom is 0.252 e. The van der Waals surface area contributed by atoms with Gasteiger partial charge in [-0.2, -0.15) is 5.26 Å². The van der Waals surface area contributed by atoms with Crippen LogP contribution in [0.5, 0.6) is 0 Å². The lowest BCUT2D eigenvalue weighted by Gasteiger charge is -2.11. The van der Waals surface area contributed by atoms with E-state index in [0.717, 1.165) is 0 Å². The number of anilines is 1. The molecule has 0 spiro atoms. The van der Waals surface area contributed by atoms with Gasteiger partial charge in [-0.3, -0.25) is 9.69 Å². The minimum Gasteiger partial charge on any atom is -0.336 e. The number of amides is 1. The molecule has 0 aromatic carbocycles. The van der Waals surface area contributed by atoms with E-state index >= 15 is 0 Å². The Morgan fingerprint density at radius 3 is 3.06 bits per heavy atom. The van der Waals surface area contributed by atoms with Crippen molar-refractivity contribution >= 4 is 23.4 Å². The summed E-state index contributed by atoms with van der Waals surface area (Å²) in [4.78, 5) is 13.1. The molecule has 2 heterocycles. The molecule has 1 unspecified atom stereocenters. The second-order valence-electron chi connectivity index (χ2n) is 3.79. The van der Waals surface area contributed by atoms with Gasteiger partial charge in [0.05, 0.1) is 0 Å². The summed E-state index contributed by atoms with van der Waals surface area (Å²) < 4.78 is 5.02. The second-order valence-corrected chi connectivity index (χ2v) is 4.10. The SMILES string of the molecule is Cc1noc(N2CC(CCl)CC2=O)c1C#N. The number of hydrogen-bond donors (Lipinski definition) is 0. The van der Waals surface area contributed by atoms with E-state index in [2.05, 4.69) is 5.16 Å². The smallest absolute Gasteiger partial charge is 0.252 e. The molecular formula is C10H10ClN3O2. The Labute approximate surface area is 97.6 Å². The fourth-order valence-corrected chi connectivity index (χ4v) is 1.96. The Kier molecular flexibility index (Phi) is 2.84. The summed E-state index contributed by atoms with van der Waals surface area (Å²) in [6.07, 6.45) is 0.397. The van der Waals surface area contributed by atoms with E-state index in [0.29, 0.717) is 30.1 Å². The zero-order chi connectivity index (χ0) is 11.7. The van der Waals surface area contributed by atoms with Crippen LogP contribution in [0, 0.1) is 24.2 Å². The van der Waals surface area contributed by atoms with Gasteiger partial charge in [-0.25, -0.2) is 0 Å². The number of rotatable bonds is 2. The third-order valence-corrected chi connectivity index (χ3v) is 3.06. The second kappa shape index (κ2) is 4.14. The number of alkyl halides is 1. The molecule has 0 N–H and O–H groups in total. The molecule has 0 bridgehead atoms. The quantitative estimate of drug-likeness (QED) is 0.733. The molecule has 1 amide bonds. The monoisotopic (exact) mass is 239 g/mol. The van der Waals surface area contributed by atoms with Crippen LogP contribution in [0.3, 0.4) is 0 Å². The lowest BCUT2D eigenvalue weighted by atomic mass is 10.1. The highest BCUT2D eigenvalue weighted by atomic mass is 35.5. The maximum atomic E-state index is 11.7. The molecule has 0 aliphatic carbocycles. The largest absolute Gasteiger partial charge is 0.336 e. The lowest BCUT2D eigenvalue weighted by Crippen LogP contribution is -2.25. The first-order valence-electron chi connectivity index (χ1n) is 4.90. The van der Waals surface area contributed by atoms with Crippen LogP contribution in [-0.4, -0.2) is 23.5 Å². The van der Waals surface area contributed by atoms with Crippen molar-refractivity contribution in [2.75, 3.05) is 17.3 Å². The summed E-state index contributed by atoms with van der Waals surface area (Å²) in [7, 11) is 0. The molecule has 1 fully saturated rings. The van der Waals surface area contributed by atoms with Gasteiger partial charge in [0, 0.05) is 18.8 Å². The van der Waals surface area contributed by atoms with Crippen LogP contribution < -0.4 is 4.90 Å². The first-order valence-corrected chi connectivity index (χ1v) is 5.43. The molecule has 16 heavy (non-hydrogen) atoms. The van der Waals surface area contributed by atoms with Crippen LogP contribution in [0.25, 0.3) is 0 Å². The van der Waals surface area contributed by atoms with Crippen molar-refractivity contribution in [1.29, 1.82) is 5.26 Å². The van der Waals surface area contributed by atoms with Gasteiger partial charge in [-0.05, 0) is 12.8 Å². The van der Waals surface area contributed by atoms with Crippen LogP contribution in [0.15, 0.2) is 4.52 Å². The van der Waals surface area contributed by atoms with Gasteiger partial charge in [-0.1, -0.05) is 5.16 Å². The van der Waals surface area contributed by atoms with Crippen LogP contribution in [-0.2, 0) is 4.79 Å². The van der Waals surface area contributed by atoms with Crippen molar-refractivity contribution in [3.05, 3.63) is 11.3 Å². The number of nitriles is 1. The molecule has 1 aromatic heterocycles. The summed E-state index contributed by atoms with van der Waals surface area (Å²) in [5.41, 5.74) is 0.822. The third kappa shape index (κ3) is 1.65. The average Bonchev–Trinajstić information content (AvgIpc) is 2.81. The van der Waals surface area contributed by atoms with Crippen molar-refractivity contribution in [1.82, 2.24) is 5.16 Å². The van der Waals surface area contributed by atoms with E-state index in [1.807, 2.05) is 6.07 Å². The van der Waals surface area contributed by atoms with Gasteiger partial charge >= 0.3 is 0 Å². The highest BCUT2D eigenvalue weighted by Gasteiger charge is 2.34. The Balaban J connectivity index is 2.32. The maximum absolute atomic E-state index is 11.7. The molecule has 6 heteroatoms. The van der Waals surface area contributed by atoms with E-state index in [-0.39, 0.29) is 17.7 Å². The molecule has 2 rings (SSSR count). The van der Waals surface area contributed by atoms with Crippen LogP contribution >= 0.6 is 11.6 Å². The lowest BCUT2D eigenvalue weighted by molar-refractivity contribution is -0.117. The van der Waals surface area contributed by atoms with Gasteiger partial charge in [0.25, 0.3) is 5.88 Å². The fraction of sp³-hybridized carbons (Fsp3) is 0.500. The molecule has 5 nitrogen and oxygen atoms in total. The van der Waals surface area contributed by atoms with Gasteiger partial charge < -0.3 is 4.52 Å². The van der Waals surface area contributed by atoms with Gasteiger partial charge in [-0.15, -0.1) is 11.6 Å². The van der Waals surface area contributed by atoms with Gasteiger partial charge in [0.15, 0.2) is 0 Å². The van der Waals surface area contributed by atoms with Gasteiger partial charge in [0.1, 0.15) is 17.3 Å². The zero-order valence-electron chi connectivity index (χ0n) is 8.73. The van der Waals surface area contributed by atoms with E-state index in [9.17, 15) is 4.79 Å². The number of hydrogen-bond acceptors (Lipinski definition) is 4. The molecule has 1 aromatic rings. The minimum atomic E-state index is -0.0710. The first kappa shape index (κ1) is 11.0. The summed E-state index contributed by atoms with van der Waals surface area (Å²) in [6.45, 7) is 2.16. The van der Waals surface area contributed by atoms with Crippen LogP contribution in [0.1, 0.15) is 17.7 Å². The van der Waals surface area contributed by atoms with E-state index in [4.69, 9.17) is 21.4 Å². The van der Waals surface area contributed by atoms with E-state index in [1.54, 1.807) is 6.92 Å². The molecule has 0 saturated carbocycles. The van der Waals surface area contributed by atoms with Crippen molar-refractivity contribution in [2.45, 2.75) is 13.3 Å². The molecule has 1 aliphatic heterocycles. The zero-order valence-corrected chi connectivity index (χ0v) is 9.49. The first-order chi connectivity index (χ1) is 7.67. The normalized spacial score (nSPS) is 20.2. The third-order valence-electron chi connectivity index (χ3n) is 2.63. The van der Waals surface area contributed by atoms with Crippen molar-refractivity contribution < 1.29 is 9.32 Å². The summed E-state index contributed by atoms with van der Waals surface area (Å²) in [5.74, 6) is 0.721. The Morgan fingerprint density at radius 1 is 1.75 bits per heavy atom. The highest BCUT2D eigenvalue weighted by molar-refractivity contribution is 6.18. The minimum absolute atomic E-state index is 0.0710. The predicted octanol–water partition coefficient (Wildman–Crippen LogP) is 1.45. The van der Waals surface area contributed by atoms with Crippen molar-refractivity contribution in [2.24, 2.45) is 5.92 Å². The fourth-order valence-electron chi connectivity index (χ4n) is 1.75. The predicted molar refractivity (Wildman–Crippen MR) is 57.1 cm³/mol. The number of carbonyl (C=O) groups is 1. The topological polar surface area (TPSA) is 70.1 Å². The molecular weight excluding hydrogens is 230 g/mol. The van der Waals surface area contributed by atoms with Crippen molar-refractivity contribution in [3.63, 3.8) is 0 Å². The van der Waals surface area contributed by atoms with E-state index < -0.39 is 0 Å². The van der Waals surface area contributed by atoms with Gasteiger partial charge in [0.2, 0.25) is 5.91 Å². The highest BCUT2D eigenvalue weighted by Crippen LogP contribution is 2.29. The van der Waals surface area contributed by atoms with Crippen LogP contribution in [0.4, 0.5) is 5.88 Å². The molecule has 0 radical (unpaired) electrons. The van der Waals surface area contributed by atoms with Crippen LogP contribution in [0.2, 0.25) is 0 Å². The number of carbonyl (C=O) groups excluding carboxylic acids is 1. The average molecular weight is 240 g/mol. The Morgan fingerprint density at radius 2 is 2.50 bits per heavy atom. The summed E-state index contributed by atoms with van der Waals surface area (Å²) >= 11 is 5.71. The summed E-state index contributed by atoms with van der Waals surface area (Å²) in [6, 6.07) is 1.99. The van der Waals surface area contributed by atoms with Crippen molar-refractivity contribution in [3.8, 4) is 6.07 Å². The number of aryl methyl sites for hydroxylation is 1. The van der Waals surface area contributed by atoms with E-state index in [1.165, 1.54) is 4.90 Å². The molecule has 1 atom stereocenters. The Hall–Kier alpha value is -1.54. The Bertz CT molecular complexity index is 463.